The Kier molecular flexibility index (Phi) is 5.99. The molecule has 0 radical (unpaired) electrons. The molecule has 0 saturated carbocycles. The van der Waals surface area contributed by atoms with E-state index >= 15 is 0 Å². The van der Waals surface area contributed by atoms with E-state index in [1.54, 1.807) is 29.2 Å². The second kappa shape index (κ2) is 8.79. The maximum absolute atomic E-state index is 11.8. The minimum absolute atomic E-state index is 0.0587. The largest absolute Gasteiger partial charge is 0.364 e. The third-order valence-corrected chi connectivity index (χ3v) is 4.44. The summed E-state index contributed by atoms with van der Waals surface area (Å²) in [5.74, 6) is -0.533. The summed E-state index contributed by atoms with van der Waals surface area (Å²) in [7, 11) is 0. The summed E-state index contributed by atoms with van der Waals surface area (Å²) in [6.07, 6.45) is 2.96. The number of amides is 2. The number of piperidine rings is 1. The van der Waals surface area contributed by atoms with Gasteiger partial charge in [-0.05, 0) is 43.2 Å². The number of hydrogen-bond donors (Lipinski definition) is 3. The molecule has 29 heavy (non-hydrogen) atoms. The molecule has 1 aromatic heterocycles. The third kappa shape index (κ3) is 4.84. The van der Waals surface area contributed by atoms with Crippen molar-refractivity contribution in [2.45, 2.75) is 18.9 Å². The van der Waals surface area contributed by atoms with Gasteiger partial charge in [-0.2, -0.15) is 10.2 Å². The SMILES string of the molecule is C=CC(=O)N1CCCC(Nc2nnc(C(N)=O)c(Nc3ccc(C#N)cc3)n2)C1. The third-order valence-electron chi connectivity index (χ3n) is 4.44. The van der Waals surface area contributed by atoms with E-state index in [1.807, 2.05) is 6.07 Å². The van der Waals surface area contributed by atoms with Gasteiger partial charge >= 0.3 is 0 Å². The topological polar surface area (TPSA) is 150 Å². The quantitative estimate of drug-likeness (QED) is 0.620. The standard InChI is InChI=1S/C19H20N8O2/c1-2-15(28)27-9-3-4-14(11-27)23-19-24-18(16(17(21)29)25-26-19)22-13-7-5-12(10-20)6-8-13/h2,5-8,14H,1,3-4,9,11H2,(H2,21,29)(H2,22,23,24,26). The van der Waals surface area contributed by atoms with Crippen molar-refractivity contribution in [1.29, 1.82) is 5.26 Å². The smallest absolute Gasteiger partial charge is 0.273 e. The van der Waals surface area contributed by atoms with Crippen molar-refractivity contribution < 1.29 is 9.59 Å². The fraction of sp³-hybridized carbons (Fsp3) is 0.263. The first-order valence-corrected chi connectivity index (χ1v) is 8.99. The molecule has 148 valence electrons. The maximum Gasteiger partial charge on any atom is 0.273 e. The summed E-state index contributed by atoms with van der Waals surface area (Å²) >= 11 is 0. The number of nitrogens with two attached hydrogens (primary N) is 1. The summed E-state index contributed by atoms with van der Waals surface area (Å²) in [6, 6.07) is 8.60. The second-order valence-electron chi connectivity index (χ2n) is 6.48. The lowest BCUT2D eigenvalue weighted by Crippen LogP contribution is -2.44. The van der Waals surface area contributed by atoms with Crippen LogP contribution in [0.2, 0.25) is 0 Å². The first kappa shape index (κ1) is 19.8. The van der Waals surface area contributed by atoms with Gasteiger partial charge in [0, 0.05) is 24.8 Å². The van der Waals surface area contributed by atoms with Gasteiger partial charge in [0.15, 0.2) is 11.5 Å². The Balaban J connectivity index is 1.79. The highest BCUT2D eigenvalue weighted by Crippen LogP contribution is 2.20. The number of nitrogens with one attached hydrogen (secondary N) is 2. The van der Waals surface area contributed by atoms with E-state index in [1.165, 1.54) is 6.08 Å². The van der Waals surface area contributed by atoms with Crippen molar-refractivity contribution in [2.24, 2.45) is 5.73 Å². The van der Waals surface area contributed by atoms with Gasteiger partial charge in [-0.3, -0.25) is 9.59 Å². The highest BCUT2D eigenvalue weighted by Gasteiger charge is 2.23. The monoisotopic (exact) mass is 392 g/mol. The van der Waals surface area contributed by atoms with Gasteiger partial charge in [-0.15, -0.1) is 10.2 Å². The lowest BCUT2D eigenvalue weighted by Gasteiger charge is -2.32. The molecule has 1 aromatic carbocycles. The number of rotatable bonds is 6. The van der Waals surface area contributed by atoms with Crippen LogP contribution in [0.15, 0.2) is 36.9 Å². The molecule has 2 aromatic rings. The Morgan fingerprint density at radius 2 is 2.07 bits per heavy atom. The van der Waals surface area contributed by atoms with Gasteiger partial charge in [0.1, 0.15) is 0 Å². The fourth-order valence-corrected chi connectivity index (χ4v) is 3.01. The van der Waals surface area contributed by atoms with Crippen LogP contribution in [0.1, 0.15) is 28.9 Å². The highest BCUT2D eigenvalue weighted by molar-refractivity contribution is 5.96. The van der Waals surface area contributed by atoms with Crippen molar-refractivity contribution in [1.82, 2.24) is 20.1 Å². The summed E-state index contributed by atoms with van der Waals surface area (Å²) in [5.41, 5.74) is 6.39. The lowest BCUT2D eigenvalue weighted by molar-refractivity contribution is -0.127. The number of primary amides is 1. The molecule has 2 amide bonds. The highest BCUT2D eigenvalue weighted by atomic mass is 16.2. The van der Waals surface area contributed by atoms with E-state index in [-0.39, 0.29) is 29.4 Å². The van der Waals surface area contributed by atoms with Crippen LogP contribution in [0.4, 0.5) is 17.5 Å². The van der Waals surface area contributed by atoms with E-state index < -0.39 is 5.91 Å². The van der Waals surface area contributed by atoms with Crippen LogP contribution in [0.5, 0.6) is 0 Å². The molecule has 3 rings (SSSR count). The van der Waals surface area contributed by atoms with E-state index in [2.05, 4.69) is 32.4 Å². The molecule has 10 heteroatoms. The van der Waals surface area contributed by atoms with Crippen LogP contribution in [-0.4, -0.2) is 51.0 Å². The predicted molar refractivity (Wildman–Crippen MR) is 106 cm³/mol. The molecular formula is C19H20N8O2. The molecule has 2 heterocycles. The number of nitrogens with zero attached hydrogens (tertiary/aromatic N) is 5. The molecule has 1 atom stereocenters. The van der Waals surface area contributed by atoms with E-state index in [4.69, 9.17) is 11.0 Å². The molecule has 1 saturated heterocycles. The number of carbonyl (C=O) groups excluding carboxylic acids is 2. The van der Waals surface area contributed by atoms with Gasteiger partial charge in [0.2, 0.25) is 11.9 Å². The Morgan fingerprint density at radius 3 is 2.72 bits per heavy atom. The first-order chi connectivity index (χ1) is 14.0. The molecule has 0 aliphatic carbocycles. The lowest BCUT2D eigenvalue weighted by atomic mass is 10.1. The Morgan fingerprint density at radius 1 is 1.31 bits per heavy atom. The number of anilines is 3. The van der Waals surface area contributed by atoms with Gasteiger partial charge < -0.3 is 21.3 Å². The molecule has 1 fully saturated rings. The molecule has 1 unspecified atom stereocenters. The Bertz CT molecular complexity index is 967. The molecule has 0 spiro atoms. The van der Waals surface area contributed by atoms with Gasteiger partial charge in [-0.25, -0.2) is 0 Å². The van der Waals surface area contributed by atoms with Crippen LogP contribution >= 0.6 is 0 Å². The number of nitriles is 1. The summed E-state index contributed by atoms with van der Waals surface area (Å²) in [4.78, 5) is 29.6. The van der Waals surface area contributed by atoms with Crippen molar-refractivity contribution in [3.05, 3.63) is 48.2 Å². The summed E-state index contributed by atoms with van der Waals surface area (Å²) < 4.78 is 0. The van der Waals surface area contributed by atoms with E-state index in [0.717, 1.165) is 12.8 Å². The summed E-state index contributed by atoms with van der Waals surface area (Å²) in [5, 5.41) is 22.8. The van der Waals surface area contributed by atoms with Crippen molar-refractivity contribution >= 4 is 29.3 Å². The van der Waals surface area contributed by atoms with Crippen molar-refractivity contribution in [3.63, 3.8) is 0 Å². The normalized spacial score (nSPS) is 15.8. The number of likely N-dealkylation sites (tertiary alicyclic amines) is 1. The number of benzene rings is 1. The number of carbonyl (C=O) groups is 2. The van der Waals surface area contributed by atoms with Crippen LogP contribution in [0, 0.1) is 11.3 Å². The average Bonchev–Trinajstić information content (AvgIpc) is 2.74. The molecule has 1 aliphatic rings. The van der Waals surface area contributed by atoms with E-state index in [9.17, 15) is 9.59 Å². The van der Waals surface area contributed by atoms with E-state index in [0.29, 0.717) is 24.3 Å². The molecule has 1 aliphatic heterocycles. The second-order valence-corrected chi connectivity index (χ2v) is 6.48. The predicted octanol–water partition coefficient (Wildman–Crippen LogP) is 1.17. The molecular weight excluding hydrogens is 372 g/mol. The molecule has 4 N–H and O–H groups in total. The van der Waals surface area contributed by atoms with Gasteiger partial charge in [-0.1, -0.05) is 6.58 Å². The number of aromatic nitrogens is 3. The van der Waals surface area contributed by atoms with Gasteiger partial charge in [0.25, 0.3) is 5.91 Å². The summed E-state index contributed by atoms with van der Waals surface area (Å²) in [6.45, 7) is 4.68. The number of hydrogen-bond acceptors (Lipinski definition) is 8. The zero-order chi connectivity index (χ0) is 20.8. The fourth-order valence-electron chi connectivity index (χ4n) is 3.01. The molecule has 10 nitrogen and oxygen atoms in total. The first-order valence-electron chi connectivity index (χ1n) is 8.99. The molecule has 0 bridgehead atoms. The van der Waals surface area contributed by atoms with Gasteiger partial charge in [0.05, 0.1) is 11.6 Å². The zero-order valence-electron chi connectivity index (χ0n) is 15.6. The van der Waals surface area contributed by atoms with Crippen molar-refractivity contribution in [3.8, 4) is 6.07 Å². The Labute approximate surface area is 167 Å². The van der Waals surface area contributed by atoms with Crippen LogP contribution in [-0.2, 0) is 4.79 Å². The average molecular weight is 392 g/mol. The van der Waals surface area contributed by atoms with Crippen LogP contribution < -0.4 is 16.4 Å². The minimum Gasteiger partial charge on any atom is -0.364 e. The van der Waals surface area contributed by atoms with Crippen LogP contribution in [0.25, 0.3) is 0 Å². The van der Waals surface area contributed by atoms with Crippen molar-refractivity contribution in [2.75, 3.05) is 23.7 Å². The maximum atomic E-state index is 11.8. The van der Waals surface area contributed by atoms with Crippen LogP contribution in [0.3, 0.4) is 0 Å². The Hall–Kier alpha value is -4.00. The minimum atomic E-state index is -0.770. The zero-order valence-corrected chi connectivity index (χ0v) is 15.6.